The van der Waals surface area contributed by atoms with Gasteiger partial charge < -0.3 is 16.0 Å². The highest BCUT2D eigenvalue weighted by Crippen LogP contribution is 2.39. The first-order valence-electron chi connectivity index (χ1n) is 9.02. The molecule has 0 saturated carbocycles. The number of nitrogens with two attached hydrogens (primary N) is 1. The third-order valence-electron chi connectivity index (χ3n) is 4.63. The number of benzene rings is 1. The second-order valence-corrected chi connectivity index (χ2v) is 8.53. The van der Waals surface area contributed by atoms with Gasteiger partial charge in [0, 0.05) is 40.4 Å². The maximum absolute atomic E-state index is 13.1. The quantitative estimate of drug-likeness (QED) is 0.386. The number of aromatic amines is 1. The summed E-state index contributed by atoms with van der Waals surface area (Å²) in [5.41, 5.74) is 8.58. The van der Waals surface area contributed by atoms with Gasteiger partial charge in [-0.2, -0.15) is 0 Å². The summed E-state index contributed by atoms with van der Waals surface area (Å²) >= 11 is 4.99. The Bertz CT molecular complexity index is 1160. The van der Waals surface area contributed by atoms with Crippen LogP contribution in [0, 0.1) is 5.82 Å². The number of pyridine rings is 1. The second kappa shape index (κ2) is 8.44. The zero-order valence-electron chi connectivity index (χ0n) is 15.3. The van der Waals surface area contributed by atoms with Crippen molar-refractivity contribution in [1.82, 2.24) is 15.3 Å². The Balaban J connectivity index is 1.54. The fourth-order valence-electron chi connectivity index (χ4n) is 3.18. The van der Waals surface area contributed by atoms with E-state index in [1.807, 2.05) is 24.4 Å². The molecule has 0 aliphatic heterocycles. The Labute approximate surface area is 179 Å². The summed E-state index contributed by atoms with van der Waals surface area (Å²) in [6.45, 7) is 0.289. The summed E-state index contributed by atoms with van der Waals surface area (Å²) in [5.74, 6) is -0.468. The lowest BCUT2D eigenvalue weighted by Gasteiger charge is -2.16. The van der Waals surface area contributed by atoms with Gasteiger partial charge in [0.25, 0.3) is 5.91 Å². The number of carbonyl (C=O) groups is 1. The van der Waals surface area contributed by atoms with Crippen molar-refractivity contribution in [3.8, 4) is 10.4 Å². The normalized spacial score (nSPS) is 12.2. The molecule has 5 nitrogen and oxygen atoms in total. The van der Waals surface area contributed by atoms with E-state index in [1.165, 1.54) is 23.5 Å². The van der Waals surface area contributed by atoms with Crippen molar-refractivity contribution in [3.63, 3.8) is 0 Å². The maximum atomic E-state index is 13.1. The highest BCUT2D eigenvalue weighted by atomic mass is 79.9. The fourth-order valence-corrected chi connectivity index (χ4v) is 5.01. The minimum atomic E-state index is -0.286. The number of nitrogens with one attached hydrogen (secondary N) is 2. The van der Waals surface area contributed by atoms with Crippen molar-refractivity contribution in [1.29, 1.82) is 0 Å². The maximum Gasteiger partial charge on any atom is 0.261 e. The van der Waals surface area contributed by atoms with Crippen LogP contribution in [0.15, 0.2) is 59.3 Å². The van der Waals surface area contributed by atoms with Gasteiger partial charge in [-0.1, -0.05) is 12.1 Å². The van der Waals surface area contributed by atoms with Gasteiger partial charge >= 0.3 is 0 Å². The van der Waals surface area contributed by atoms with Crippen molar-refractivity contribution >= 4 is 44.2 Å². The van der Waals surface area contributed by atoms with E-state index in [0.29, 0.717) is 11.3 Å². The number of halogens is 2. The standard InChI is InChI=1S/C21H18BrFN4OS/c22-17-10-18(29-19(17)15-5-7-25-20-16(15)6-8-26-20)21(28)27-14(11-24)9-12-1-3-13(23)4-2-12/h1-8,10,14H,9,11,24H2,(H,25,26)(H,27,28)/t14-/m1/s1. The van der Waals surface area contributed by atoms with Crippen molar-refractivity contribution in [2.45, 2.75) is 12.5 Å². The molecule has 0 fully saturated rings. The number of fused-ring (bicyclic) bond motifs is 1. The summed E-state index contributed by atoms with van der Waals surface area (Å²) in [7, 11) is 0. The Morgan fingerprint density at radius 2 is 2.07 bits per heavy atom. The lowest BCUT2D eigenvalue weighted by Crippen LogP contribution is -2.41. The molecule has 0 saturated heterocycles. The highest BCUT2D eigenvalue weighted by molar-refractivity contribution is 9.10. The van der Waals surface area contributed by atoms with Gasteiger partial charge in [0.15, 0.2) is 0 Å². The minimum absolute atomic E-state index is 0.182. The molecular formula is C21H18BrFN4OS. The van der Waals surface area contributed by atoms with Crippen LogP contribution in [0.2, 0.25) is 0 Å². The first kappa shape index (κ1) is 19.8. The average Bonchev–Trinajstić information content (AvgIpc) is 3.35. The summed E-state index contributed by atoms with van der Waals surface area (Å²) in [4.78, 5) is 21.8. The molecule has 0 radical (unpaired) electrons. The van der Waals surface area contributed by atoms with Crippen molar-refractivity contribution in [2.24, 2.45) is 5.73 Å². The molecule has 3 aromatic heterocycles. The van der Waals surface area contributed by atoms with Crippen LogP contribution in [-0.2, 0) is 6.42 Å². The largest absolute Gasteiger partial charge is 0.347 e. The van der Waals surface area contributed by atoms with E-state index in [1.54, 1.807) is 18.3 Å². The topological polar surface area (TPSA) is 83.8 Å². The number of hydrogen-bond donors (Lipinski definition) is 3. The first-order chi connectivity index (χ1) is 14.0. The van der Waals surface area contributed by atoms with E-state index >= 15 is 0 Å². The van der Waals surface area contributed by atoms with E-state index in [9.17, 15) is 9.18 Å². The van der Waals surface area contributed by atoms with Crippen LogP contribution >= 0.6 is 27.3 Å². The molecule has 1 aromatic carbocycles. The van der Waals surface area contributed by atoms with Gasteiger partial charge in [0.1, 0.15) is 11.5 Å². The van der Waals surface area contributed by atoms with Gasteiger partial charge in [0.2, 0.25) is 0 Å². The van der Waals surface area contributed by atoms with Crippen LogP contribution in [0.5, 0.6) is 0 Å². The molecule has 3 heterocycles. The molecule has 4 N–H and O–H groups in total. The third-order valence-corrected chi connectivity index (χ3v) is 6.69. The minimum Gasteiger partial charge on any atom is -0.347 e. The Morgan fingerprint density at radius 3 is 2.83 bits per heavy atom. The number of thiophene rings is 1. The molecular weight excluding hydrogens is 455 g/mol. The van der Waals surface area contributed by atoms with Crippen LogP contribution in [0.1, 0.15) is 15.2 Å². The summed E-state index contributed by atoms with van der Waals surface area (Å²) in [6, 6.07) is 11.7. The number of aromatic nitrogens is 2. The molecule has 4 rings (SSSR count). The number of rotatable bonds is 6. The van der Waals surface area contributed by atoms with Crippen molar-refractivity contribution < 1.29 is 9.18 Å². The molecule has 0 aliphatic carbocycles. The van der Waals surface area contributed by atoms with Gasteiger partial charge in [-0.05, 0) is 58.2 Å². The van der Waals surface area contributed by atoms with Crippen LogP contribution < -0.4 is 11.1 Å². The molecule has 0 bridgehead atoms. The van der Waals surface area contributed by atoms with Crippen LogP contribution in [0.25, 0.3) is 21.5 Å². The number of H-pyrrole nitrogens is 1. The molecule has 29 heavy (non-hydrogen) atoms. The van der Waals surface area contributed by atoms with E-state index in [2.05, 4.69) is 31.2 Å². The predicted molar refractivity (Wildman–Crippen MR) is 118 cm³/mol. The smallest absolute Gasteiger partial charge is 0.261 e. The zero-order valence-corrected chi connectivity index (χ0v) is 17.7. The van der Waals surface area contributed by atoms with Crippen molar-refractivity contribution in [2.75, 3.05) is 6.54 Å². The fraction of sp³-hybridized carbons (Fsp3) is 0.143. The number of hydrogen-bond acceptors (Lipinski definition) is 4. The third kappa shape index (κ3) is 4.24. The zero-order chi connectivity index (χ0) is 20.4. The summed E-state index contributed by atoms with van der Waals surface area (Å²) in [6.07, 6.45) is 4.13. The first-order valence-corrected chi connectivity index (χ1v) is 10.6. The lowest BCUT2D eigenvalue weighted by molar-refractivity contribution is 0.0942. The Hall–Kier alpha value is -2.55. The van der Waals surface area contributed by atoms with Crippen LogP contribution in [0.3, 0.4) is 0 Å². The Kier molecular flexibility index (Phi) is 5.75. The number of amides is 1. The van der Waals surface area contributed by atoms with Crippen molar-refractivity contribution in [3.05, 3.63) is 75.6 Å². The average molecular weight is 473 g/mol. The highest BCUT2D eigenvalue weighted by Gasteiger charge is 2.19. The molecule has 0 aliphatic rings. The van der Waals surface area contributed by atoms with Gasteiger partial charge in [-0.3, -0.25) is 4.79 Å². The number of carbonyl (C=O) groups excluding carboxylic acids is 1. The molecule has 148 valence electrons. The van der Waals surface area contributed by atoms with Gasteiger partial charge in [-0.25, -0.2) is 9.37 Å². The van der Waals surface area contributed by atoms with Gasteiger partial charge in [-0.15, -0.1) is 11.3 Å². The molecule has 1 atom stereocenters. The summed E-state index contributed by atoms with van der Waals surface area (Å²) < 4.78 is 13.9. The lowest BCUT2D eigenvalue weighted by atomic mass is 10.1. The van der Waals surface area contributed by atoms with E-state index < -0.39 is 0 Å². The molecule has 1 amide bonds. The van der Waals surface area contributed by atoms with Crippen LogP contribution in [0.4, 0.5) is 4.39 Å². The summed E-state index contributed by atoms with van der Waals surface area (Å²) in [5, 5.41) is 3.98. The SMILES string of the molecule is NC[C@@H](Cc1ccc(F)cc1)NC(=O)c1cc(Br)c(-c2ccnc3[nH]ccc23)s1. The molecule has 0 unspecified atom stereocenters. The Morgan fingerprint density at radius 1 is 1.28 bits per heavy atom. The van der Waals surface area contributed by atoms with Crippen LogP contribution in [-0.4, -0.2) is 28.5 Å². The van der Waals surface area contributed by atoms with E-state index in [-0.39, 0.29) is 24.3 Å². The molecule has 0 spiro atoms. The molecule has 4 aromatic rings. The van der Waals surface area contributed by atoms with E-state index in [0.717, 1.165) is 31.5 Å². The monoisotopic (exact) mass is 472 g/mol. The molecule has 8 heteroatoms. The predicted octanol–water partition coefficient (Wildman–Crippen LogP) is 4.49. The van der Waals surface area contributed by atoms with E-state index in [4.69, 9.17) is 5.73 Å². The number of nitrogens with zero attached hydrogens (tertiary/aromatic N) is 1. The second-order valence-electron chi connectivity index (χ2n) is 6.62. The van der Waals surface area contributed by atoms with Gasteiger partial charge in [0.05, 0.1) is 9.75 Å².